The highest BCUT2D eigenvalue weighted by Gasteiger charge is 2.19. The number of pyridine rings is 1. The number of nitrogens with one attached hydrogen (secondary N) is 2. The zero-order valence-corrected chi connectivity index (χ0v) is 16.6. The largest absolute Gasteiger partial charge is 0.497 e. The molecule has 0 aliphatic carbocycles. The van der Waals surface area contributed by atoms with Gasteiger partial charge >= 0.3 is 0 Å². The molecule has 28 heavy (non-hydrogen) atoms. The molecule has 1 heterocycles. The lowest BCUT2D eigenvalue weighted by Crippen LogP contribution is -2.18. The van der Waals surface area contributed by atoms with Crippen LogP contribution in [-0.4, -0.2) is 18.0 Å². The first-order chi connectivity index (χ1) is 13.4. The van der Waals surface area contributed by atoms with Gasteiger partial charge in [-0.3, -0.25) is 9.78 Å². The molecule has 0 fully saturated rings. The monoisotopic (exact) mass is 375 g/mol. The topological polar surface area (TPSA) is 63.2 Å². The molecule has 0 aliphatic rings. The molecule has 2 aromatic carbocycles. The van der Waals surface area contributed by atoms with Crippen molar-refractivity contribution in [1.82, 2.24) is 4.98 Å². The van der Waals surface area contributed by atoms with E-state index >= 15 is 0 Å². The van der Waals surface area contributed by atoms with Crippen LogP contribution >= 0.6 is 0 Å². The second kappa shape index (κ2) is 8.13. The summed E-state index contributed by atoms with van der Waals surface area (Å²) in [7, 11) is 1.63. The molecule has 1 amide bonds. The van der Waals surface area contributed by atoms with Gasteiger partial charge in [0.2, 0.25) is 0 Å². The summed E-state index contributed by atoms with van der Waals surface area (Å²) >= 11 is 0. The van der Waals surface area contributed by atoms with Crippen molar-refractivity contribution in [3.8, 4) is 5.75 Å². The molecule has 0 bridgehead atoms. The first kappa shape index (κ1) is 19.4. The summed E-state index contributed by atoms with van der Waals surface area (Å²) in [6.07, 6.45) is 3.24. The SMILES string of the molecule is COc1cccc(Nc2cncc(C(=O)Nc3ccccc3C(C)(C)C)c2)c1. The van der Waals surface area contributed by atoms with Gasteiger partial charge in [0.25, 0.3) is 5.91 Å². The zero-order chi connectivity index (χ0) is 20.1. The van der Waals surface area contributed by atoms with E-state index in [0.717, 1.165) is 28.4 Å². The number of hydrogen-bond donors (Lipinski definition) is 2. The Hall–Kier alpha value is -3.34. The number of benzene rings is 2. The summed E-state index contributed by atoms with van der Waals surface area (Å²) in [5, 5.41) is 6.27. The van der Waals surface area contributed by atoms with Crippen LogP contribution in [0.2, 0.25) is 0 Å². The lowest BCUT2D eigenvalue weighted by molar-refractivity contribution is 0.102. The van der Waals surface area contributed by atoms with E-state index in [1.807, 2.05) is 48.5 Å². The summed E-state index contributed by atoms with van der Waals surface area (Å²) in [6.45, 7) is 6.37. The van der Waals surface area contributed by atoms with Crippen LogP contribution in [0.5, 0.6) is 5.75 Å². The Bertz CT molecular complexity index is 977. The summed E-state index contributed by atoms with van der Waals surface area (Å²) < 4.78 is 5.24. The van der Waals surface area contributed by atoms with Gasteiger partial charge in [-0.1, -0.05) is 45.0 Å². The minimum Gasteiger partial charge on any atom is -0.497 e. The minimum absolute atomic E-state index is 0.0715. The van der Waals surface area contributed by atoms with E-state index in [-0.39, 0.29) is 11.3 Å². The van der Waals surface area contributed by atoms with Gasteiger partial charge in [0.05, 0.1) is 24.6 Å². The van der Waals surface area contributed by atoms with Crippen LogP contribution in [0.3, 0.4) is 0 Å². The highest BCUT2D eigenvalue weighted by Crippen LogP contribution is 2.29. The van der Waals surface area contributed by atoms with Crippen LogP contribution in [0.15, 0.2) is 67.0 Å². The highest BCUT2D eigenvalue weighted by molar-refractivity contribution is 6.05. The number of carbonyl (C=O) groups is 1. The second-order valence-corrected chi connectivity index (χ2v) is 7.57. The molecule has 5 nitrogen and oxygen atoms in total. The van der Waals surface area contributed by atoms with Crippen molar-refractivity contribution in [2.75, 3.05) is 17.7 Å². The van der Waals surface area contributed by atoms with Gasteiger partial charge in [-0.2, -0.15) is 0 Å². The van der Waals surface area contributed by atoms with Crippen LogP contribution in [0, 0.1) is 0 Å². The maximum atomic E-state index is 12.8. The standard InChI is InChI=1S/C23H25N3O2/c1-23(2,3)20-10-5-6-11-21(20)26-22(27)16-12-18(15-24-14-16)25-17-8-7-9-19(13-17)28-4/h5-15,25H,1-4H3,(H,26,27). The van der Waals surface area contributed by atoms with Crippen molar-refractivity contribution in [3.05, 3.63) is 78.1 Å². The molecule has 0 atom stereocenters. The van der Waals surface area contributed by atoms with Crippen molar-refractivity contribution in [1.29, 1.82) is 0 Å². The molecule has 144 valence electrons. The van der Waals surface area contributed by atoms with E-state index < -0.39 is 0 Å². The van der Waals surface area contributed by atoms with E-state index in [9.17, 15) is 4.79 Å². The van der Waals surface area contributed by atoms with Crippen LogP contribution in [0.4, 0.5) is 17.1 Å². The normalized spacial score (nSPS) is 11.0. The molecule has 0 saturated heterocycles. The molecule has 0 unspecified atom stereocenters. The quantitative estimate of drug-likeness (QED) is 0.628. The maximum absolute atomic E-state index is 12.8. The number of methoxy groups -OCH3 is 1. The number of ether oxygens (including phenoxy) is 1. The van der Waals surface area contributed by atoms with Crippen molar-refractivity contribution < 1.29 is 9.53 Å². The molecule has 3 aromatic rings. The number of aromatic nitrogens is 1. The molecule has 5 heteroatoms. The fraction of sp³-hybridized carbons (Fsp3) is 0.217. The van der Waals surface area contributed by atoms with Crippen molar-refractivity contribution >= 4 is 23.0 Å². The van der Waals surface area contributed by atoms with E-state index in [1.54, 1.807) is 25.6 Å². The molecule has 0 radical (unpaired) electrons. The third kappa shape index (κ3) is 4.68. The summed E-state index contributed by atoms with van der Waals surface area (Å²) in [6, 6.07) is 17.2. The molecular formula is C23H25N3O2. The number of carbonyl (C=O) groups excluding carboxylic acids is 1. The molecular weight excluding hydrogens is 350 g/mol. The average molecular weight is 375 g/mol. The van der Waals surface area contributed by atoms with Crippen molar-refractivity contribution in [2.45, 2.75) is 26.2 Å². The fourth-order valence-corrected chi connectivity index (χ4v) is 2.94. The van der Waals surface area contributed by atoms with Gasteiger partial charge < -0.3 is 15.4 Å². The lowest BCUT2D eigenvalue weighted by atomic mass is 9.86. The second-order valence-electron chi connectivity index (χ2n) is 7.57. The van der Waals surface area contributed by atoms with Crippen molar-refractivity contribution in [2.24, 2.45) is 0 Å². The predicted octanol–water partition coefficient (Wildman–Crippen LogP) is 5.38. The van der Waals surface area contributed by atoms with Crippen LogP contribution in [-0.2, 0) is 5.41 Å². The van der Waals surface area contributed by atoms with Gasteiger partial charge in [-0.15, -0.1) is 0 Å². The van der Waals surface area contributed by atoms with Gasteiger partial charge in [-0.05, 0) is 35.2 Å². The molecule has 3 rings (SSSR count). The Morgan fingerprint density at radius 3 is 2.50 bits per heavy atom. The Morgan fingerprint density at radius 2 is 1.75 bits per heavy atom. The number of nitrogens with zero attached hydrogens (tertiary/aromatic N) is 1. The Kier molecular flexibility index (Phi) is 5.64. The van der Waals surface area contributed by atoms with Crippen LogP contribution in [0.1, 0.15) is 36.7 Å². The molecule has 0 aliphatic heterocycles. The molecule has 0 spiro atoms. The fourth-order valence-electron chi connectivity index (χ4n) is 2.94. The third-order valence-corrected chi connectivity index (χ3v) is 4.34. The zero-order valence-electron chi connectivity index (χ0n) is 16.6. The summed E-state index contributed by atoms with van der Waals surface area (Å²) in [5.41, 5.74) is 3.89. The number of rotatable bonds is 5. The van der Waals surface area contributed by atoms with Crippen LogP contribution < -0.4 is 15.4 Å². The van der Waals surface area contributed by atoms with E-state index in [4.69, 9.17) is 4.74 Å². The molecule has 1 aromatic heterocycles. The lowest BCUT2D eigenvalue weighted by Gasteiger charge is -2.23. The number of amides is 1. The first-order valence-electron chi connectivity index (χ1n) is 9.14. The van der Waals surface area contributed by atoms with Gasteiger partial charge in [0.15, 0.2) is 0 Å². The smallest absolute Gasteiger partial charge is 0.257 e. The minimum atomic E-state index is -0.196. The van der Waals surface area contributed by atoms with E-state index in [0.29, 0.717) is 5.56 Å². The van der Waals surface area contributed by atoms with Crippen molar-refractivity contribution in [3.63, 3.8) is 0 Å². The summed E-state index contributed by atoms with van der Waals surface area (Å²) in [5.74, 6) is 0.559. The molecule has 0 saturated carbocycles. The molecule has 2 N–H and O–H groups in total. The summed E-state index contributed by atoms with van der Waals surface area (Å²) in [4.78, 5) is 17.0. The van der Waals surface area contributed by atoms with Crippen LogP contribution in [0.25, 0.3) is 0 Å². The Balaban J connectivity index is 1.80. The number of hydrogen-bond acceptors (Lipinski definition) is 4. The first-order valence-corrected chi connectivity index (χ1v) is 9.14. The van der Waals surface area contributed by atoms with Gasteiger partial charge in [0.1, 0.15) is 5.75 Å². The number of para-hydroxylation sites is 1. The van der Waals surface area contributed by atoms with Gasteiger partial charge in [-0.25, -0.2) is 0 Å². The maximum Gasteiger partial charge on any atom is 0.257 e. The number of anilines is 3. The third-order valence-electron chi connectivity index (χ3n) is 4.34. The highest BCUT2D eigenvalue weighted by atomic mass is 16.5. The Morgan fingerprint density at radius 1 is 0.964 bits per heavy atom. The van der Waals surface area contributed by atoms with Gasteiger partial charge in [0, 0.05) is 23.6 Å². The average Bonchev–Trinajstić information content (AvgIpc) is 2.68. The van der Waals surface area contributed by atoms with E-state index in [2.05, 4.69) is 36.4 Å². The van der Waals surface area contributed by atoms with E-state index in [1.165, 1.54) is 0 Å². The predicted molar refractivity (Wildman–Crippen MR) is 114 cm³/mol. The Labute approximate surface area is 165 Å².